The van der Waals surface area contributed by atoms with Crippen LogP contribution in [0.1, 0.15) is 28.4 Å². The molecule has 4 heteroatoms. The van der Waals surface area contributed by atoms with E-state index in [0.717, 1.165) is 22.3 Å². The summed E-state index contributed by atoms with van der Waals surface area (Å²) < 4.78 is 5.39. The van der Waals surface area contributed by atoms with E-state index >= 15 is 0 Å². The molecular weight excluding hydrogens is 350 g/mol. The number of esters is 1. The van der Waals surface area contributed by atoms with Crippen LogP contribution in [0.3, 0.4) is 0 Å². The Hall–Kier alpha value is -3.40. The number of amides is 1. The number of ether oxygens (including phenoxy) is 1. The number of hydrogen-bond donors (Lipinski definition) is 1. The molecule has 0 spiro atoms. The van der Waals surface area contributed by atoms with Crippen molar-refractivity contribution in [1.29, 1.82) is 0 Å². The van der Waals surface area contributed by atoms with Gasteiger partial charge in [0.15, 0.2) is 6.10 Å². The SMILES string of the molecule is Cc1ccc(C(=O)O[C@H](C)C(=O)Nc2ccccc2-c2ccccc2)c(C)c1. The average molecular weight is 373 g/mol. The van der Waals surface area contributed by atoms with Crippen LogP contribution in [0.2, 0.25) is 0 Å². The maximum atomic E-state index is 12.6. The zero-order valence-electron chi connectivity index (χ0n) is 16.2. The predicted molar refractivity (Wildman–Crippen MR) is 111 cm³/mol. The van der Waals surface area contributed by atoms with Gasteiger partial charge >= 0.3 is 5.97 Å². The largest absolute Gasteiger partial charge is 0.449 e. The van der Waals surface area contributed by atoms with Crippen molar-refractivity contribution in [2.45, 2.75) is 26.9 Å². The number of carbonyl (C=O) groups excluding carboxylic acids is 2. The van der Waals surface area contributed by atoms with E-state index in [0.29, 0.717) is 11.3 Å². The number of hydrogen-bond acceptors (Lipinski definition) is 3. The van der Waals surface area contributed by atoms with Crippen molar-refractivity contribution in [3.63, 3.8) is 0 Å². The fraction of sp³-hybridized carbons (Fsp3) is 0.167. The third-order valence-electron chi connectivity index (χ3n) is 4.52. The minimum absolute atomic E-state index is 0.374. The third kappa shape index (κ3) is 4.46. The van der Waals surface area contributed by atoms with Gasteiger partial charge in [-0.1, -0.05) is 66.2 Å². The van der Waals surface area contributed by atoms with Gasteiger partial charge in [-0.3, -0.25) is 4.79 Å². The maximum absolute atomic E-state index is 12.6. The van der Waals surface area contributed by atoms with Gasteiger partial charge in [-0.15, -0.1) is 0 Å². The number of anilines is 1. The van der Waals surface area contributed by atoms with Gasteiger partial charge in [0.1, 0.15) is 0 Å². The standard InChI is InChI=1S/C24H23NO3/c1-16-13-14-20(17(2)15-16)24(27)28-18(3)23(26)25-22-12-8-7-11-21(22)19-9-5-4-6-10-19/h4-15,18H,1-3H3,(H,25,26)/t18-/m1/s1. The van der Waals surface area contributed by atoms with Gasteiger partial charge in [0.2, 0.25) is 0 Å². The molecule has 0 saturated heterocycles. The molecule has 0 bridgehead atoms. The number of para-hydroxylation sites is 1. The smallest absolute Gasteiger partial charge is 0.339 e. The molecule has 0 fully saturated rings. The fourth-order valence-corrected chi connectivity index (χ4v) is 3.02. The Kier molecular flexibility index (Phi) is 5.90. The quantitative estimate of drug-likeness (QED) is 0.629. The number of aryl methyl sites for hydroxylation is 2. The monoisotopic (exact) mass is 373 g/mol. The van der Waals surface area contributed by atoms with Crippen molar-refractivity contribution in [3.8, 4) is 11.1 Å². The zero-order chi connectivity index (χ0) is 20.1. The number of rotatable bonds is 5. The second-order valence-electron chi connectivity index (χ2n) is 6.77. The highest BCUT2D eigenvalue weighted by Crippen LogP contribution is 2.27. The van der Waals surface area contributed by atoms with Crippen molar-refractivity contribution in [1.82, 2.24) is 0 Å². The summed E-state index contributed by atoms with van der Waals surface area (Å²) in [6.07, 6.45) is -0.919. The van der Waals surface area contributed by atoms with E-state index in [1.165, 1.54) is 0 Å². The van der Waals surface area contributed by atoms with Crippen LogP contribution in [0.15, 0.2) is 72.8 Å². The Morgan fingerprint density at radius 2 is 1.57 bits per heavy atom. The van der Waals surface area contributed by atoms with Crippen LogP contribution in [0.25, 0.3) is 11.1 Å². The van der Waals surface area contributed by atoms with E-state index < -0.39 is 12.1 Å². The average Bonchev–Trinajstić information content (AvgIpc) is 2.69. The molecule has 0 radical (unpaired) electrons. The molecule has 3 rings (SSSR count). The highest BCUT2D eigenvalue weighted by Gasteiger charge is 2.21. The molecule has 0 aromatic heterocycles. The highest BCUT2D eigenvalue weighted by molar-refractivity contribution is 6.00. The Morgan fingerprint density at radius 3 is 2.29 bits per heavy atom. The second kappa shape index (κ2) is 8.53. The van der Waals surface area contributed by atoms with Gasteiger partial charge in [0.05, 0.1) is 5.56 Å². The first-order valence-electron chi connectivity index (χ1n) is 9.19. The number of benzene rings is 3. The van der Waals surface area contributed by atoms with Crippen LogP contribution in [0.5, 0.6) is 0 Å². The summed E-state index contributed by atoms with van der Waals surface area (Å²) in [6.45, 7) is 5.38. The normalized spacial score (nSPS) is 11.5. The Morgan fingerprint density at radius 1 is 0.893 bits per heavy atom. The Balaban J connectivity index is 1.72. The number of nitrogens with one attached hydrogen (secondary N) is 1. The van der Waals surface area contributed by atoms with Crippen LogP contribution in [-0.4, -0.2) is 18.0 Å². The summed E-state index contributed by atoms with van der Waals surface area (Å²) in [7, 11) is 0. The van der Waals surface area contributed by atoms with Crippen LogP contribution >= 0.6 is 0 Å². The first-order valence-corrected chi connectivity index (χ1v) is 9.19. The van der Waals surface area contributed by atoms with Gasteiger partial charge in [0, 0.05) is 11.3 Å². The third-order valence-corrected chi connectivity index (χ3v) is 4.52. The topological polar surface area (TPSA) is 55.4 Å². The molecule has 1 amide bonds. The van der Waals surface area contributed by atoms with E-state index in [1.54, 1.807) is 13.0 Å². The molecular formula is C24H23NO3. The molecule has 1 atom stereocenters. The molecule has 3 aromatic carbocycles. The van der Waals surface area contributed by atoms with E-state index in [4.69, 9.17) is 4.74 Å². The molecule has 0 saturated carbocycles. The van der Waals surface area contributed by atoms with Gasteiger partial charge in [-0.25, -0.2) is 4.79 Å². The van der Waals surface area contributed by atoms with Crippen LogP contribution in [0.4, 0.5) is 5.69 Å². The van der Waals surface area contributed by atoms with E-state index in [1.807, 2.05) is 80.6 Å². The minimum Gasteiger partial charge on any atom is -0.449 e. The van der Waals surface area contributed by atoms with Crippen molar-refractivity contribution in [2.24, 2.45) is 0 Å². The highest BCUT2D eigenvalue weighted by atomic mass is 16.5. The predicted octanol–water partition coefficient (Wildman–Crippen LogP) is 5.15. The lowest BCUT2D eigenvalue weighted by Crippen LogP contribution is -2.30. The molecule has 142 valence electrons. The molecule has 0 aliphatic rings. The van der Waals surface area contributed by atoms with Gasteiger partial charge in [-0.05, 0) is 44.0 Å². The van der Waals surface area contributed by atoms with E-state index in [9.17, 15) is 9.59 Å². The van der Waals surface area contributed by atoms with Gasteiger partial charge in [-0.2, -0.15) is 0 Å². The van der Waals surface area contributed by atoms with Crippen LogP contribution < -0.4 is 5.32 Å². The minimum atomic E-state index is -0.919. The van der Waals surface area contributed by atoms with E-state index in [-0.39, 0.29) is 5.91 Å². The van der Waals surface area contributed by atoms with Gasteiger partial charge < -0.3 is 10.1 Å². The van der Waals surface area contributed by atoms with Gasteiger partial charge in [0.25, 0.3) is 5.91 Å². The fourth-order valence-electron chi connectivity index (χ4n) is 3.02. The molecule has 0 heterocycles. The van der Waals surface area contributed by atoms with E-state index in [2.05, 4.69) is 5.32 Å². The van der Waals surface area contributed by atoms with Crippen LogP contribution in [-0.2, 0) is 9.53 Å². The lowest BCUT2D eigenvalue weighted by molar-refractivity contribution is -0.123. The summed E-state index contributed by atoms with van der Waals surface area (Å²) in [5, 5.41) is 2.87. The Labute approximate surface area is 165 Å². The lowest BCUT2D eigenvalue weighted by atomic mass is 10.0. The molecule has 0 unspecified atom stereocenters. The van der Waals surface area contributed by atoms with Crippen LogP contribution in [0, 0.1) is 13.8 Å². The van der Waals surface area contributed by atoms with Crippen molar-refractivity contribution in [2.75, 3.05) is 5.32 Å². The second-order valence-corrected chi connectivity index (χ2v) is 6.77. The molecule has 4 nitrogen and oxygen atoms in total. The molecule has 3 aromatic rings. The summed E-state index contributed by atoms with van der Waals surface area (Å²) in [5.41, 5.74) is 4.94. The van der Waals surface area contributed by atoms with Crippen molar-refractivity contribution in [3.05, 3.63) is 89.5 Å². The molecule has 1 N–H and O–H groups in total. The molecule has 0 aliphatic carbocycles. The number of carbonyl (C=O) groups is 2. The zero-order valence-corrected chi connectivity index (χ0v) is 16.2. The summed E-state index contributed by atoms with van der Waals surface area (Å²) in [5.74, 6) is -0.877. The van der Waals surface area contributed by atoms with Crippen molar-refractivity contribution < 1.29 is 14.3 Å². The summed E-state index contributed by atoms with van der Waals surface area (Å²) in [6, 6.07) is 22.8. The summed E-state index contributed by atoms with van der Waals surface area (Å²) in [4.78, 5) is 25.0. The molecule has 28 heavy (non-hydrogen) atoms. The maximum Gasteiger partial charge on any atom is 0.339 e. The first kappa shape index (κ1) is 19.4. The molecule has 0 aliphatic heterocycles. The first-order chi connectivity index (χ1) is 13.5. The van der Waals surface area contributed by atoms with Crippen molar-refractivity contribution >= 4 is 17.6 Å². The Bertz CT molecular complexity index is 996. The summed E-state index contributed by atoms with van der Waals surface area (Å²) >= 11 is 0. The lowest BCUT2D eigenvalue weighted by Gasteiger charge is -2.16.